The van der Waals surface area contributed by atoms with Gasteiger partial charge in [0.1, 0.15) is 16.7 Å². The standard InChI is InChI=1S/C20H21ClN6O2S/c1-11-15(8-13(22)20(28)26-17-5-6-24-27(17)2)30-19-14(9-16(21)25-18(11)19)23-10-12-4-3-7-29-12/h3-7,9,13H,8,10,22H2,1-2H3,(H,23,25)(H,26,28)/t13-/m1/s1. The monoisotopic (exact) mass is 444 g/mol. The Labute approximate surface area is 182 Å². The third kappa shape index (κ3) is 4.18. The highest BCUT2D eigenvalue weighted by Gasteiger charge is 2.21. The van der Waals surface area contributed by atoms with Gasteiger partial charge in [-0.05, 0) is 24.6 Å². The number of thiophene rings is 1. The summed E-state index contributed by atoms with van der Waals surface area (Å²) in [5.41, 5.74) is 8.84. The molecular weight excluding hydrogens is 424 g/mol. The molecule has 4 N–H and O–H groups in total. The van der Waals surface area contributed by atoms with Crippen molar-refractivity contribution < 1.29 is 9.21 Å². The molecule has 0 aliphatic rings. The lowest BCUT2D eigenvalue weighted by Gasteiger charge is -2.11. The second-order valence-corrected chi connectivity index (χ2v) is 8.39. The lowest BCUT2D eigenvalue weighted by Crippen LogP contribution is -2.37. The molecule has 0 aliphatic heterocycles. The topological polar surface area (TPSA) is 111 Å². The van der Waals surface area contributed by atoms with Crippen LogP contribution in [0.3, 0.4) is 0 Å². The van der Waals surface area contributed by atoms with Gasteiger partial charge in [-0.15, -0.1) is 11.3 Å². The lowest BCUT2D eigenvalue weighted by atomic mass is 10.1. The number of nitrogens with two attached hydrogens (primary N) is 1. The summed E-state index contributed by atoms with van der Waals surface area (Å²) in [5.74, 6) is 1.15. The van der Waals surface area contributed by atoms with Crippen molar-refractivity contribution in [3.05, 3.63) is 58.1 Å². The number of anilines is 2. The van der Waals surface area contributed by atoms with Crippen LogP contribution in [0.5, 0.6) is 0 Å². The zero-order valence-corrected chi connectivity index (χ0v) is 18.0. The molecule has 10 heteroatoms. The maximum Gasteiger partial charge on any atom is 0.242 e. The normalized spacial score (nSPS) is 12.3. The minimum Gasteiger partial charge on any atom is -0.467 e. The van der Waals surface area contributed by atoms with Crippen LogP contribution in [-0.2, 0) is 24.8 Å². The third-order valence-electron chi connectivity index (χ3n) is 4.79. The summed E-state index contributed by atoms with van der Waals surface area (Å²) in [6.45, 7) is 2.50. The fraction of sp³-hybridized carbons (Fsp3) is 0.250. The van der Waals surface area contributed by atoms with Crippen molar-refractivity contribution in [2.75, 3.05) is 10.6 Å². The number of furan rings is 1. The first kappa shape index (κ1) is 20.4. The van der Waals surface area contributed by atoms with Crippen molar-refractivity contribution in [1.82, 2.24) is 14.8 Å². The zero-order valence-electron chi connectivity index (χ0n) is 16.5. The summed E-state index contributed by atoms with van der Waals surface area (Å²) in [6, 6.07) is 6.55. The number of hydrogen-bond donors (Lipinski definition) is 3. The van der Waals surface area contributed by atoms with E-state index in [1.165, 1.54) is 0 Å². The summed E-state index contributed by atoms with van der Waals surface area (Å²) in [6.07, 6.45) is 3.65. The molecule has 8 nitrogen and oxygen atoms in total. The second-order valence-electron chi connectivity index (χ2n) is 6.89. The van der Waals surface area contributed by atoms with E-state index in [2.05, 4.69) is 20.7 Å². The summed E-state index contributed by atoms with van der Waals surface area (Å²) in [5, 5.41) is 10.6. The highest BCUT2D eigenvalue weighted by molar-refractivity contribution is 7.19. The van der Waals surface area contributed by atoms with Crippen LogP contribution in [-0.4, -0.2) is 26.7 Å². The van der Waals surface area contributed by atoms with Gasteiger partial charge in [-0.2, -0.15) is 5.10 Å². The van der Waals surface area contributed by atoms with Gasteiger partial charge in [-0.25, -0.2) is 4.98 Å². The van der Waals surface area contributed by atoms with Gasteiger partial charge in [0.05, 0.1) is 41.0 Å². The van der Waals surface area contributed by atoms with Crippen LogP contribution in [0.15, 0.2) is 41.1 Å². The average Bonchev–Trinajstić information content (AvgIpc) is 3.44. The SMILES string of the molecule is Cc1c(C[C@@H](N)C(=O)Nc2ccnn2C)sc2c(NCc3ccco3)cc(Cl)nc12. The molecule has 30 heavy (non-hydrogen) atoms. The van der Waals surface area contributed by atoms with E-state index in [-0.39, 0.29) is 5.91 Å². The minimum atomic E-state index is -0.707. The van der Waals surface area contributed by atoms with Crippen LogP contribution >= 0.6 is 22.9 Å². The molecule has 4 heterocycles. The molecule has 4 rings (SSSR count). The van der Waals surface area contributed by atoms with Crippen molar-refractivity contribution in [2.24, 2.45) is 12.8 Å². The van der Waals surface area contributed by atoms with Crippen LogP contribution in [0.4, 0.5) is 11.5 Å². The number of aromatic nitrogens is 3. The fourth-order valence-electron chi connectivity index (χ4n) is 3.12. The lowest BCUT2D eigenvalue weighted by molar-refractivity contribution is -0.117. The Bertz CT molecular complexity index is 1180. The minimum absolute atomic E-state index is 0.266. The van der Waals surface area contributed by atoms with E-state index in [4.69, 9.17) is 21.8 Å². The Balaban J connectivity index is 1.55. The number of amides is 1. The summed E-state index contributed by atoms with van der Waals surface area (Å²) in [4.78, 5) is 18.0. The Morgan fingerprint density at radius 2 is 2.27 bits per heavy atom. The van der Waals surface area contributed by atoms with E-state index in [1.807, 2.05) is 19.1 Å². The number of aryl methyl sites for hydroxylation is 2. The van der Waals surface area contributed by atoms with E-state index in [9.17, 15) is 4.79 Å². The number of pyridine rings is 1. The van der Waals surface area contributed by atoms with Gasteiger partial charge < -0.3 is 20.8 Å². The number of nitrogens with zero attached hydrogens (tertiary/aromatic N) is 3. The molecule has 156 valence electrons. The molecule has 0 unspecified atom stereocenters. The molecule has 0 bridgehead atoms. The molecule has 0 saturated heterocycles. The van der Waals surface area contributed by atoms with Crippen LogP contribution in [0.25, 0.3) is 10.2 Å². The molecule has 0 saturated carbocycles. The molecule has 4 aromatic rings. The highest BCUT2D eigenvalue weighted by atomic mass is 35.5. The van der Waals surface area contributed by atoms with Crippen LogP contribution in [0.2, 0.25) is 5.15 Å². The first-order valence-corrected chi connectivity index (χ1v) is 10.5. The number of nitrogens with one attached hydrogen (secondary N) is 2. The number of rotatable bonds is 7. The van der Waals surface area contributed by atoms with E-state index < -0.39 is 6.04 Å². The molecular formula is C20H21ClN6O2S. The van der Waals surface area contributed by atoms with Crippen molar-refractivity contribution in [1.29, 1.82) is 0 Å². The Morgan fingerprint density at radius 1 is 1.43 bits per heavy atom. The van der Waals surface area contributed by atoms with Gasteiger partial charge in [-0.1, -0.05) is 11.6 Å². The van der Waals surface area contributed by atoms with Crippen molar-refractivity contribution in [2.45, 2.75) is 25.9 Å². The molecule has 0 spiro atoms. The van der Waals surface area contributed by atoms with E-state index in [0.29, 0.717) is 23.9 Å². The quantitative estimate of drug-likeness (QED) is 0.375. The number of fused-ring (bicyclic) bond motifs is 1. The van der Waals surface area contributed by atoms with Gasteiger partial charge in [0.2, 0.25) is 5.91 Å². The van der Waals surface area contributed by atoms with Crippen LogP contribution in [0.1, 0.15) is 16.2 Å². The number of carbonyl (C=O) groups is 1. The Morgan fingerprint density at radius 3 is 2.97 bits per heavy atom. The van der Waals surface area contributed by atoms with E-state index >= 15 is 0 Å². The smallest absolute Gasteiger partial charge is 0.242 e. The Hall–Kier alpha value is -2.88. The van der Waals surface area contributed by atoms with E-state index in [0.717, 1.165) is 32.1 Å². The largest absolute Gasteiger partial charge is 0.467 e. The third-order valence-corrected chi connectivity index (χ3v) is 6.32. The predicted octanol–water partition coefficient (Wildman–Crippen LogP) is 3.71. The van der Waals surface area contributed by atoms with Gasteiger partial charge in [0.15, 0.2) is 0 Å². The summed E-state index contributed by atoms with van der Waals surface area (Å²) in [7, 11) is 1.75. The first-order valence-electron chi connectivity index (χ1n) is 9.31. The number of hydrogen-bond acceptors (Lipinski definition) is 7. The van der Waals surface area contributed by atoms with E-state index in [1.54, 1.807) is 47.7 Å². The van der Waals surface area contributed by atoms with Crippen LogP contribution < -0.4 is 16.4 Å². The van der Waals surface area contributed by atoms with Crippen molar-refractivity contribution in [3.63, 3.8) is 0 Å². The van der Waals surface area contributed by atoms with Gasteiger partial charge >= 0.3 is 0 Å². The highest BCUT2D eigenvalue weighted by Crippen LogP contribution is 2.37. The molecule has 0 radical (unpaired) electrons. The Kier molecular flexibility index (Phi) is 5.76. The average molecular weight is 445 g/mol. The van der Waals surface area contributed by atoms with Gasteiger partial charge in [-0.3, -0.25) is 9.48 Å². The van der Waals surface area contributed by atoms with Crippen molar-refractivity contribution in [3.8, 4) is 0 Å². The molecule has 1 atom stereocenters. The first-order chi connectivity index (χ1) is 14.4. The molecule has 0 aromatic carbocycles. The second kappa shape index (κ2) is 8.47. The van der Waals surface area contributed by atoms with Crippen molar-refractivity contribution >= 4 is 50.6 Å². The summed E-state index contributed by atoms with van der Waals surface area (Å²) < 4.78 is 7.93. The number of carbonyl (C=O) groups excluding carboxylic acids is 1. The number of halogens is 1. The molecule has 0 aliphatic carbocycles. The predicted molar refractivity (Wildman–Crippen MR) is 119 cm³/mol. The maximum absolute atomic E-state index is 12.5. The zero-order chi connectivity index (χ0) is 21.3. The van der Waals surface area contributed by atoms with Crippen LogP contribution in [0, 0.1) is 6.92 Å². The maximum atomic E-state index is 12.5. The molecule has 4 aromatic heterocycles. The van der Waals surface area contributed by atoms with Gasteiger partial charge in [0.25, 0.3) is 0 Å². The molecule has 0 fully saturated rings. The molecule has 1 amide bonds. The van der Waals surface area contributed by atoms with Gasteiger partial charge in [0, 0.05) is 30.5 Å². The fourth-order valence-corrected chi connectivity index (χ4v) is 4.61. The summed E-state index contributed by atoms with van der Waals surface area (Å²) >= 11 is 7.81.